The summed E-state index contributed by atoms with van der Waals surface area (Å²) in [7, 11) is -3.47. The molecule has 0 bridgehead atoms. The van der Waals surface area contributed by atoms with E-state index in [9.17, 15) is 8.42 Å². The van der Waals surface area contributed by atoms with Gasteiger partial charge in [-0.3, -0.25) is 0 Å². The summed E-state index contributed by atoms with van der Waals surface area (Å²) in [5.41, 5.74) is 1.06. The first-order valence-corrected chi connectivity index (χ1v) is 10.9. The zero-order valence-electron chi connectivity index (χ0n) is 15.8. The molecule has 0 unspecified atom stereocenters. The van der Waals surface area contributed by atoms with Crippen LogP contribution in [0.1, 0.15) is 12.0 Å². The Hall–Kier alpha value is -1.03. The average molecular weight is 384 g/mol. The molecule has 0 spiro atoms. The fourth-order valence-corrected chi connectivity index (χ4v) is 4.25. The van der Waals surface area contributed by atoms with Gasteiger partial charge in [-0.2, -0.15) is 4.31 Å². The van der Waals surface area contributed by atoms with Crippen molar-refractivity contribution < 1.29 is 8.42 Å². The maximum atomic E-state index is 13.0. The van der Waals surface area contributed by atoms with Gasteiger partial charge >= 0.3 is 0 Å². The molecule has 0 aliphatic carbocycles. The van der Waals surface area contributed by atoms with Crippen LogP contribution in [0, 0.1) is 6.92 Å². The summed E-state index contributed by atoms with van der Waals surface area (Å²) in [5, 5.41) is 13.4. The number of sulfonamides is 1. The maximum absolute atomic E-state index is 13.0. The zero-order chi connectivity index (χ0) is 18.7. The monoisotopic (exact) mass is 383 g/mol. The van der Waals surface area contributed by atoms with Gasteiger partial charge in [-0.15, -0.1) is 0 Å². The number of rotatable bonds is 2. The van der Waals surface area contributed by atoms with Gasteiger partial charge in [0.1, 0.15) is 0 Å². The van der Waals surface area contributed by atoms with Gasteiger partial charge in [0.2, 0.25) is 10.0 Å². The lowest BCUT2D eigenvalue weighted by Gasteiger charge is -2.23. The molecule has 0 amide bonds. The summed E-state index contributed by atoms with van der Waals surface area (Å²) < 4.78 is 27.5. The predicted octanol–water partition coefficient (Wildman–Crippen LogP) is -0.252. The van der Waals surface area contributed by atoms with Crippen LogP contribution in [-0.4, -0.2) is 78.2 Å². The largest absolute Gasteiger partial charge is 0.315 e. The summed E-state index contributed by atoms with van der Waals surface area (Å²) in [6, 6.07) is 7.07. The summed E-state index contributed by atoms with van der Waals surface area (Å²) in [5.74, 6) is 0. The number of hydrogen-bond acceptors (Lipinski definition) is 6. The van der Waals surface area contributed by atoms with Crippen LogP contribution >= 0.6 is 0 Å². The minimum atomic E-state index is -3.47. The highest BCUT2D eigenvalue weighted by Gasteiger charge is 2.23. The normalized spacial score (nSPS) is 20.7. The Morgan fingerprint density at radius 3 is 1.69 bits per heavy atom. The second-order valence-corrected chi connectivity index (χ2v) is 8.51. The van der Waals surface area contributed by atoms with Crippen molar-refractivity contribution in [3.05, 3.63) is 29.8 Å². The van der Waals surface area contributed by atoms with Crippen LogP contribution in [0.4, 0.5) is 0 Å². The van der Waals surface area contributed by atoms with Crippen LogP contribution in [-0.2, 0) is 10.0 Å². The minimum Gasteiger partial charge on any atom is -0.315 e. The lowest BCUT2D eigenvalue weighted by atomic mass is 10.2. The quantitative estimate of drug-likeness (QED) is 0.564. The smallest absolute Gasteiger partial charge is 0.243 e. The van der Waals surface area contributed by atoms with E-state index >= 15 is 0 Å². The van der Waals surface area contributed by atoms with Crippen molar-refractivity contribution in [1.82, 2.24) is 25.6 Å². The Morgan fingerprint density at radius 2 is 1.19 bits per heavy atom. The molecule has 7 nitrogen and oxygen atoms in total. The van der Waals surface area contributed by atoms with Crippen molar-refractivity contribution in [1.29, 1.82) is 0 Å². The third kappa shape index (κ3) is 7.30. The molecular formula is C18H33N5O2S. The van der Waals surface area contributed by atoms with Gasteiger partial charge in [0.25, 0.3) is 0 Å². The summed E-state index contributed by atoms with van der Waals surface area (Å²) in [6.45, 7) is 9.65. The van der Waals surface area contributed by atoms with Crippen LogP contribution < -0.4 is 21.3 Å². The molecule has 4 N–H and O–H groups in total. The molecule has 8 heteroatoms. The molecule has 1 saturated heterocycles. The molecule has 0 aromatic heterocycles. The third-order valence-corrected chi connectivity index (χ3v) is 6.31. The maximum Gasteiger partial charge on any atom is 0.243 e. The van der Waals surface area contributed by atoms with E-state index in [2.05, 4.69) is 21.3 Å². The molecule has 26 heavy (non-hydrogen) atoms. The Kier molecular flexibility index (Phi) is 9.52. The molecule has 1 heterocycles. The van der Waals surface area contributed by atoms with Gasteiger partial charge in [0, 0.05) is 52.4 Å². The zero-order valence-corrected chi connectivity index (χ0v) is 16.6. The molecule has 148 valence electrons. The summed E-state index contributed by atoms with van der Waals surface area (Å²) >= 11 is 0. The van der Waals surface area contributed by atoms with Gasteiger partial charge < -0.3 is 21.3 Å². The van der Waals surface area contributed by atoms with E-state index in [0.29, 0.717) is 31.1 Å². The third-order valence-electron chi connectivity index (χ3n) is 4.40. The van der Waals surface area contributed by atoms with Crippen molar-refractivity contribution in [2.75, 3.05) is 65.4 Å². The first kappa shape index (κ1) is 21.3. The number of benzene rings is 1. The summed E-state index contributed by atoms with van der Waals surface area (Å²) in [6.07, 6.45) is 1.11. The van der Waals surface area contributed by atoms with Crippen molar-refractivity contribution in [3.63, 3.8) is 0 Å². The molecule has 0 atom stereocenters. The van der Waals surface area contributed by atoms with Gasteiger partial charge in [-0.1, -0.05) is 17.7 Å². The van der Waals surface area contributed by atoms with Crippen LogP contribution in [0.5, 0.6) is 0 Å². The lowest BCUT2D eigenvalue weighted by Crippen LogP contribution is -2.42. The van der Waals surface area contributed by atoms with E-state index in [-0.39, 0.29) is 0 Å². The Balaban J connectivity index is 1.98. The van der Waals surface area contributed by atoms with Gasteiger partial charge in [-0.05, 0) is 38.6 Å². The van der Waals surface area contributed by atoms with E-state index in [0.717, 1.165) is 51.3 Å². The predicted molar refractivity (Wildman–Crippen MR) is 106 cm³/mol. The van der Waals surface area contributed by atoms with Gasteiger partial charge in [0.05, 0.1) is 4.90 Å². The fourth-order valence-electron chi connectivity index (χ4n) is 2.81. The standard InChI is InChI=1S/C18H33N5O2S/c1-17-3-5-18(6-4-17)26(24,25)23-15-13-21-11-9-19-7-2-8-20-10-12-22-14-16-23/h3-6,19-22H,2,7-16H2,1H3. The number of aryl methyl sites for hydroxylation is 1. The van der Waals surface area contributed by atoms with E-state index < -0.39 is 10.0 Å². The van der Waals surface area contributed by atoms with Crippen LogP contribution in [0.25, 0.3) is 0 Å². The second-order valence-electron chi connectivity index (χ2n) is 6.57. The van der Waals surface area contributed by atoms with Crippen molar-refractivity contribution in [2.45, 2.75) is 18.2 Å². The van der Waals surface area contributed by atoms with E-state index in [1.807, 2.05) is 19.1 Å². The Labute approximate surface area is 158 Å². The van der Waals surface area contributed by atoms with Crippen LogP contribution in [0.15, 0.2) is 29.2 Å². The molecule has 1 aromatic carbocycles. The molecule has 1 fully saturated rings. The highest BCUT2D eigenvalue weighted by Crippen LogP contribution is 2.15. The molecule has 0 radical (unpaired) electrons. The molecule has 2 rings (SSSR count). The fraction of sp³-hybridized carbons (Fsp3) is 0.667. The molecule has 0 saturated carbocycles. The SMILES string of the molecule is Cc1ccc(S(=O)(=O)N2CCNCCNCCCNCCNCC2)cc1. The number of hydrogen-bond donors (Lipinski definition) is 4. The molecule has 1 aliphatic rings. The van der Waals surface area contributed by atoms with E-state index in [1.165, 1.54) is 0 Å². The van der Waals surface area contributed by atoms with Crippen molar-refractivity contribution in [2.24, 2.45) is 0 Å². The highest BCUT2D eigenvalue weighted by molar-refractivity contribution is 7.89. The topological polar surface area (TPSA) is 85.5 Å². The second kappa shape index (κ2) is 11.6. The molecular weight excluding hydrogens is 350 g/mol. The lowest BCUT2D eigenvalue weighted by molar-refractivity contribution is 0.396. The highest BCUT2D eigenvalue weighted by atomic mass is 32.2. The van der Waals surface area contributed by atoms with Crippen molar-refractivity contribution in [3.8, 4) is 0 Å². The summed E-state index contributed by atoms with van der Waals surface area (Å²) in [4.78, 5) is 0.362. The van der Waals surface area contributed by atoms with Crippen LogP contribution in [0.3, 0.4) is 0 Å². The van der Waals surface area contributed by atoms with Gasteiger partial charge in [-0.25, -0.2) is 8.42 Å². The number of nitrogens with zero attached hydrogens (tertiary/aromatic N) is 1. The van der Waals surface area contributed by atoms with Crippen molar-refractivity contribution >= 4 is 10.0 Å². The minimum absolute atomic E-state index is 0.362. The number of nitrogens with one attached hydrogen (secondary N) is 4. The first-order valence-electron chi connectivity index (χ1n) is 9.50. The Bertz CT molecular complexity index is 591. The van der Waals surface area contributed by atoms with Crippen LogP contribution in [0.2, 0.25) is 0 Å². The van der Waals surface area contributed by atoms with E-state index in [1.54, 1.807) is 16.4 Å². The van der Waals surface area contributed by atoms with Gasteiger partial charge in [0.15, 0.2) is 0 Å². The first-order chi connectivity index (χ1) is 12.6. The molecule has 1 aromatic rings. The Morgan fingerprint density at radius 1 is 0.731 bits per heavy atom. The average Bonchev–Trinajstić information content (AvgIpc) is 2.62. The molecule has 1 aliphatic heterocycles. The van der Waals surface area contributed by atoms with E-state index in [4.69, 9.17) is 0 Å².